The number of carbonyl (C=O) groups excluding carboxylic acids is 4. The zero-order valence-corrected chi connectivity index (χ0v) is 16.1. The molecule has 0 rings (SSSR count). The van der Waals surface area contributed by atoms with E-state index in [1.165, 1.54) is 0 Å². The normalized spacial score (nSPS) is 15.0. The van der Waals surface area contributed by atoms with Crippen molar-refractivity contribution in [2.75, 3.05) is 12.3 Å². The Balaban J connectivity index is 5.27. The molecule has 4 amide bonds. The van der Waals surface area contributed by atoms with Gasteiger partial charge in [0.1, 0.15) is 18.1 Å². The first-order valence-electron chi connectivity index (χ1n) is 8.29. The summed E-state index contributed by atoms with van der Waals surface area (Å²) in [5, 5.41) is 16.1. The highest BCUT2D eigenvalue weighted by atomic mass is 32.1. The summed E-state index contributed by atoms with van der Waals surface area (Å²) in [5.41, 5.74) is 10.2. The van der Waals surface area contributed by atoms with E-state index in [-0.39, 0.29) is 18.2 Å². The molecule has 0 aliphatic heterocycles. The number of primary amides is 1. The number of nitrogens with two attached hydrogens (primary N) is 2. The molecule has 0 fully saturated rings. The lowest BCUT2D eigenvalue weighted by Gasteiger charge is -2.27. The van der Waals surface area contributed by atoms with Crippen LogP contribution < -0.4 is 27.4 Å². The van der Waals surface area contributed by atoms with E-state index in [9.17, 15) is 24.0 Å². The van der Waals surface area contributed by atoms with E-state index in [1.807, 2.05) is 0 Å². The number of carboxylic acid groups (broad SMARTS) is 1. The van der Waals surface area contributed by atoms with Crippen LogP contribution in [0.3, 0.4) is 0 Å². The second-order valence-corrected chi connectivity index (χ2v) is 6.31. The number of carboxylic acids is 1. The van der Waals surface area contributed by atoms with Gasteiger partial charge >= 0.3 is 5.97 Å². The Bertz CT molecular complexity index is 573. The van der Waals surface area contributed by atoms with Crippen molar-refractivity contribution < 1.29 is 29.1 Å². The van der Waals surface area contributed by atoms with E-state index in [1.54, 1.807) is 13.8 Å². The quantitative estimate of drug-likeness (QED) is 0.172. The van der Waals surface area contributed by atoms with Crippen molar-refractivity contribution in [3.8, 4) is 0 Å². The molecule has 12 heteroatoms. The van der Waals surface area contributed by atoms with E-state index in [0.717, 1.165) is 0 Å². The van der Waals surface area contributed by atoms with Crippen molar-refractivity contribution in [3.05, 3.63) is 0 Å². The molecule has 4 unspecified atom stereocenters. The highest BCUT2D eigenvalue weighted by Gasteiger charge is 2.32. The van der Waals surface area contributed by atoms with Gasteiger partial charge in [0.15, 0.2) is 0 Å². The van der Waals surface area contributed by atoms with Crippen LogP contribution in [0.15, 0.2) is 0 Å². The molecule has 0 spiro atoms. The largest absolute Gasteiger partial charge is 0.480 e. The van der Waals surface area contributed by atoms with Crippen LogP contribution in [0.5, 0.6) is 0 Å². The maximum absolute atomic E-state index is 12.5. The fraction of sp³-hybridized carbons (Fsp3) is 0.667. The Morgan fingerprint density at radius 2 is 1.63 bits per heavy atom. The van der Waals surface area contributed by atoms with E-state index in [2.05, 4.69) is 28.6 Å². The van der Waals surface area contributed by atoms with Gasteiger partial charge in [0.25, 0.3) is 0 Å². The van der Waals surface area contributed by atoms with Gasteiger partial charge < -0.3 is 32.5 Å². The third kappa shape index (κ3) is 8.73. The van der Waals surface area contributed by atoms with Crippen LogP contribution in [0.1, 0.15) is 26.7 Å². The molecule has 0 aromatic heterocycles. The second-order valence-electron chi connectivity index (χ2n) is 5.95. The average Bonchev–Trinajstić information content (AvgIpc) is 2.61. The van der Waals surface area contributed by atoms with Crippen molar-refractivity contribution in [2.24, 2.45) is 17.4 Å². The van der Waals surface area contributed by atoms with Crippen molar-refractivity contribution in [2.45, 2.75) is 44.8 Å². The van der Waals surface area contributed by atoms with Gasteiger partial charge in [-0.1, -0.05) is 20.3 Å². The number of aliphatic carboxylic acids is 1. The van der Waals surface area contributed by atoms with Gasteiger partial charge in [0.2, 0.25) is 23.6 Å². The monoisotopic (exact) mass is 405 g/mol. The zero-order valence-electron chi connectivity index (χ0n) is 15.2. The van der Waals surface area contributed by atoms with E-state index < -0.39 is 54.1 Å². The van der Waals surface area contributed by atoms with E-state index >= 15 is 0 Å². The highest BCUT2D eigenvalue weighted by molar-refractivity contribution is 7.80. The molecule has 4 atom stereocenters. The van der Waals surface area contributed by atoms with Gasteiger partial charge in [-0.3, -0.25) is 19.2 Å². The summed E-state index contributed by atoms with van der Waals surface area (Å²) in [6, 6.07) is -3.63. The smallest absolute Gasteiger partial charge is 0.326 e. The van der Waals surface area contributed by atoms with Crippen molar-refractivity contribution in [3.63, 3.8) is 0 Å². The van der Waals surface area contributed by atoms with Crippen molar-refractivity contribution in [1.29, 1.82) is 0 Å². The molecule has 0 aliphatic rings. The molecule has 0 heterocycles. The molecule has 11 nitrogen and oxygen atoms in total. The lowest BCUT2D eigenvalue weighted by molar-refractivity contribution is -0.144. The van der Waals surface area contributed by atoms with Crippen LogP contribution in [0.25, 0.3) is 0 Å². The maximum atomic E-state index is 12.5. The predicted octanol–water partition coefficient (Wildman–Crippen LogP) is -2.66. The number of rotatable bonds is 12. The molecule has 0 radical (unpaired) electrons. The van der Waals surface area contributed by atoms with Crippen LogP contribution in [0.2, 0.25) is 0 Å². The number of carbonyl (C=O) groups is 5. The Morgan fingerprint density at radius 3 is 2.04 bits per heavy atom. The Kier molecular flexibility index (Phi) is 11.1. The summed E-state index contributed by atoms with van der Waals surface area (Å²) in [4.78, 5) is 58.4. The van der Waals surface area contributed by atoms with Gasteiger partial charge in [0.05, 0.1) is 13.0 Å². The fourth-order valence-electron chi connectivity index (χ4n) is 2.07. The third-order valence-electron chi connectivity index (χ3n) is 3.83. The third-order valence-corrected chi connectivity index (χ3v) is 4.20. The van der Waals surface area contributed by atoms with Crippen molar-refractivity contribution in [1.82, 2.24) is 16.0 Å². The van der Waals surface area contributed by atoms with Crippen LogP contribution in [0.4, 0.5) is 0 Å². The summed E-state index contributed by atoms with van der Waals surface area (Å²) in [5.74, 6) is -4.75. The lowest BCUT2D eigenvalue weighted by Crippen LogP contribution is -2.58. The average molecular weight is 405 g/mol. The zero-order chi connectivity index (χ0) is 21.1. The fourth-order valence-corrected chi connectivity index (χ4v) is 2.32. The first-order chi connectivity index (χ1) is 12.6. The van der Waals surface area contributed by atoms with Crippen LogP contribution in [-0.2, 0) is 24.0 Å². The highest BCUT2D eigenvalue weighted by Crippen LogP contribution is 2.09. The van der Waals surface area contributed by atoms with Crippen LogP contribution >= 0.6 is 12.6 Å². The SMILES string of the molecule is CCC(C)C(NC(=O)C(CS)NC(=O)CN)C(=O)NC(CC(N)=O)C(=O)O. The van der Waals surface area contributed by atoms with Gasteiger partial charge in [-0.2, -0.15) is 12.6 Å². The molecule has 0 aromatic rings. The molecule has 0 aromatic carbocycles. The summed E-state index contributed by atoms with van der Waals surface area (Å²) < 4.78 is 0. The topological polar surface area (TPSA) is 194 Å². The summed E-state index contributed by atoms with van der Waals surface area (Å²) in [6.45, 7) is 3.14. The molecule has 27 heavy (non-hydrogen) atoms. The Hall–Kier alpha value is -2.34. The molecular weight excluding hydrogens is 378 g/mol. The number of nitrogens with one attached hydrogen (secondary N) is 3. The molecule has 0 saturated heterocycles. The van der Waals surface area contributed by atoms with E-state index in [0.29, 0.717) is 6.42 Å². The number of hydrogen-bond donors (Lipinski definition) is 7. The van der Waals surface area contributed by atoms with Gasteiger partial charge in [0, 0.05) is 5.75 Å². The van der Waals surface area contributed by atoms with Crippen molar-refractivity contribution >= 4 is 42.2 Å². The minimum Gasteiger partial charge on any atom is -0.480 e. The molecule has 8 N–H and O–H groups in total. The standard InChI is InChI=1S/C15H27N5O6S/c1-3-7(2)12(14(24)19-8(15(25)26)4-10(17)21)20-13(23)9(6-27)18-11(22)5-16/h7-9,12,27H,3-6,16H2,1-2H3,(H2,17,21)(H,18,22)(H,19,24)(H,20,23)(H,25,26). The summed E-state index contributed by atoms with van der Waals surface area (Å²) in [6.07, 6.45) is -0.0965. The molecule has 0 bridgehead atoms. The summed E-state index contributed by atoms with van der Waals surface area (Å²) in [7, 11) is 0. The van der Waals surface area contributed by atoms with Gasteiger partial charge in [-0.05, 0) is 5.92 Å². The molecule has 0 saturated carbocycles. The number of hydrogen-bond acceptors (Lipinski definition) is 7. The molecule has 0 aliphatic carbocycles. The first-order valence-corrected chi connectivity index (χ1v) is 8.92. The van der Waals surface area contributed by atoms with E-state index in [4.69, 9.17) is 16.6 Å². The van der Waals surface area contributed by atoms with Crippen LogP contribution in [0, 0.1) is 5.92 Å². The second kappa shape index (κ2) is 12.1. The Morgan fingerprint density at radius 1 is 1.04 bits per heavy atom. The first kappa shape index (κ1) is 24.7. The minimum atomic E-state index is -1.52. The Labute approximate surface area is 162 Å². The summed E-state index contributed by atoms with van der Waals surface area (Å²) >= 11 is 3.99. The molecular formula is C15H27N5O6S. The maximum Gasteiger partial charge on any atom is 0.326 e. The molecule has 154 valence electrons. The van der Waals surface area contributed by atoms with Gasteiger partial charge in [-0.25, -0.2) is 4.79 Å². The predicted molar refractivity (Wildman–Crippen MR) is 99.6 cm³/mol. The number of amides is 4. The van der Waals surface area contributed by atoms with Gasteiger partial charge in [-0.15, -0.1) is 0 Å². The lowest BCUT2D eigenvalue weighted by atomic mass is 9.97. The number of thiol groups is 1. The van der Waals surface area contributed by atoms with Crippen LogP contribution in [-0.4, -0.2) is 65.1 Å². The minimum absolute atomic E-state index is 0.0359.